The van der Waals surface area contributed by atoms with Crippen molar-refractivity contribution in [3.63, 3.8) is 0 Å². The summed E-state index contributed by atoms with van der Waals surface area (Å²) in [6.45, 7) is 3.60. The number of ether oxygens (including phenoxy) is 1. The third-order valence-electron chi connectivity index (χ3n) is 10.0. The molecule has 0 radical (unpaired) electrons. The molecule has 53 heavy (non-hydrogen) atoms. The Balaban J connectivity index is 3.54. The van der Waals surface area contributed by atoms with E-state index in [-0.39, 0.29) is 25.7 Å². The van der Waals surface area contributed by atoms with Crippen LogP contribution in [0.5, 0.6) is 0 Å². The second kappa shape index (κ2) is 40.7. The van der Waals surface area contributed by atoms with E-state index < -0.39 is 26.5 Å². The SMILES string of the molecule is CCCCCCCCCCCCCCCCCCCC(=O)OCC(O)COP(=O)(O)OCCNC(=O)CCCCCCCCCCCCCCCCC. The molecule has 2 unspecified atom stereocenters. The van der Waals surface area contributed by atoms with E-state index in [1.165, 1.54) is 167 Å². The van der Waals surface area contributed by atoms with Crippen molar-refractivity contribution in [1.29, 1.82) is 0 Å². The number of amides is 1. The van der Waals surface area contributed by atoms with E-state index >= 15 is 0 Å². The van der Waals surface area contributed by atoms with Crippen LogP contribution in [0.4, 0.5) is 0 Å². The molecule has 0 saturated heterocycles. The van der Waals surface area contributed by atoms with Gasteiger partial charge in [0, 0.05) is 19.4 Å². The van der Waals surface area contributed by atoms with Crippen molar-refractivity contribution < 1.29 is 37.9 Å². The maximum atomic E-state index is 12.1. The molecule has 0 aliphatic heterocycles. The van der Waals surface area contributed by atoms with Gasteiger partial charge in [-0.15, -0.1) is 0 Å². The number of phosphoric acid groups is 1. The highest BCUT2D eigenvalue weighted by molar-refractivity contribution is 7.47. The largest absolute Gasteiger partial charge is 0.472 e. The second-order valence-electron chi connectivity index (χ2n) is 15.4. The highest BCUT2D eigenvalue weighted by Gasteiger charge is 2.23. The number of rotatable bonds is 43. The Labute approximate surface area is 326 Å². The second-order valence-corrected chi connectivity index (χ2v) is 16.8. The quantitative estimate of drug-likeness (QED) is 0.0317. The zero-order chi connectivity index (χ0) is 38.9. The Morgan fingerprint density at radius 3 is 1.23 bits per heavy atom. The monoisotopic (exact) mass is 776 g/mol. The van der Waals surface area contributed by atoms with E-state index in [1.54, 1.807) is 0 Å². The van der Waals surface area contributed by atoms with E-state index in [0.717, 1.165) is 38.5 Å². The van der Waals surface area contributed by atoms with Crippen molar-refractivity contribution in [2.24, 2.45) is 0 Å². The number of unbranched alkanes of at least 4 members (excludes halogenated alkanes) is 30. The molecule has 1 amide bonds. The van der Waals surface area contributed by atoms with E-state index in [0.29, 0.717) is 12.8 Å². The summed E-state index contributed by atoms with van der Waals surface area (Å²) >= 11 is 0. The molecular formula is C43H86NO8P. The molecule has 316 valence electrons. The third kappa shape index (κ3) is 42.0. The summed E-state index contributed by atoms with van der Waals surface area (Å²) in [5.74, 6) is -0.502. The molecular weight excluding hydrogens is 689 g/mol. The lowest BCUT2D eigenvalue weighted by atomic mass is 10.0. The Bertz CT molecular complexity index is 845. The molecule has 2 atom stereocenters. The zero-order valence-electron chi connectivity index (χ0n) is 34.7. The van der Waals surface area contributed by atoms with Gasteiger partial charge < -0.3 is 20.1 Å². The van der Waals surface area contributed by atoms with Gasteiger partial charge in [-0.3, -0.25) is 18.6 Å². The molecule has 0 spiro atoms. The molecule has 0 saturated carbocycles. The molecule has 0 aromatic heterocycles. The summed E-state index contributed by atoms with van der Waals surface area (Å²) in [5, 5.41) is 12.7. The summed E-state index contributed by atoms with van der Waals surface area (Å²) in [6, 6.07) is 0. The van der Waals surface area contributed by atoms with Crippen LogP contribution in [-0.2, 0) is 27.9 Å². The van der Waals surface area contributed by atoms with Gasteiger partial charge >= 0.3 is 13.8 Å². The molecule has 0 rings (SSSR count). The van der Waals surface area contributed by atoms with Crippen molar-refractivity contribution in [3.8, 4) is 0 Å². The van der Waals surface area contributed by atoms with Crippen molar-refractivity contribution in [2.45, 2.75) is 238 Å². The summed E-state index contributed by atoms with van der Waals surface area (Å²) in [6.07, 6.45) is 40.3. The lowest BCUT2D eigenvalue weighted by Crippen LogP contribution is -2.27. The van der Waals surface area contributed by atoms with E-state index in [2.05, 4.69) is 19.2 Å². The van der Waals surface area contributed by atoms with Crippen LogP contribution in [0, 0.1) is 0 Å². The maximum absolute atomic E-state index is 12.1. The highest BCUT2D eigenvalue weighted by Crippen LogP contribution is 2.42. The fraction of sp³-hybridized carbons (Fsp3) is 0.953. The molecule has 0 aromatic carbocycles. The molecule has 0 aliphatic carbocycles. The van der Waals surface area contributed by atoms with Crippen molar-refractivity contribution in [1.82, 2.24) is 5.32 Å². The minimum Gasteiger partial charge on any atom is -0.463 e. The van der Waals surface area contributed by atoms with Gasteiger partial charge in [0.05, 0.1) is 13.2 Å². The first kappa shape index (κ1) is 52.0. The lowest BCUT2D eigenvalue weighted by molar-refractivity contribution is -0.147. The Kier molecular flexibility index (Phi) is 39.9. The van der Waals surface area contributed by atoms with Gasteiger partial charge in [-0.2, -0.15) is 0 Å². The predicted molar refractivity (Wildman–Crippen MR) is 220 cm³/mol. The van der Waals surface area contributed by atoms with Crippen LogP contribution in [0.3, 0.4) is 0 Å². The Hall–Kier alpha value is -0.990. The van der Waals surface area contributed by atoms with Crippen LogP contribution >= 0.6 is 7.82 Å². The van der Waals surface area contributed by atoms with Gasteiger partial charge in [-0.1, -0.05) is 206 Å². The van der Waals surface area contributed by atoms with Crippen LogP contribution in [-0.4, -0.2) is 54.3 Å². The summed E-state index contributed by atoms with van der Waals surface area (Å²) < 4.78 is 26.9. The first-order valence-electron chi connectivity index (χ1n) is 22.5. The Morgan fingerprint density at radius 2 is 0.849 bits per heavy atom. The molecule has 0 fully saturated rings. The molecule has 3 N–H and O–H groups in total. The van der Waals surface area contributed by atoms with Crippen LogP contribution in [0.2, 0.25) is 0 Å². The van der Waals surface area contributed by atoms with Crippen molar-refractivity contribution >= 4 is 19.7 Å². The van der Waals surface area contributed by atoms with Gasteiger partial charge in [-0.25, -0.2) is 4.57 Å². The van der Waals surface area contributed by atoms with Gasteiger partial charge in [0.1, 0.15) is 12.7 Å². The number of phosphoric ester groups is 1. The van der Waals surface area contributed by atoms with E-state index in [4.69, 9.17) is 13.8 Å². The average Bonchev–Trinajstić information content (AvgIpc) is 3.14. The van der Waals surface area contributed by atoms with Gasteiger partial charge in [-0.05, 0) is 12.8 Å². The Morgan fingerprint density at radius 1 is 0.509 bits per heavy atom. The highest BCUT2D eigenvalue weighted by atomic mass is 31.2. The number of carbonyl (C=O) groups excluding carboxylic acids is 2. The summed E-state index contributed by atoms with van der Waals surface area (Å²) in [7, 11) is -4.41. The van der Waals surface area contributed by atoms with Crippen LogP contribution in [0.25, 0.3) is 0 Å². The minimum atomic E-state index is -4.41. The fourth-order valence-electron chi connectivity index (χ4n) is 6.62. The van der Waals surface area contributed by atoms with E-state index in [9.17, 15) is 24.2 Å². The van der Waals surface area contributed by atoms with Crippen LogP contribution in [0.15, 0.2) is 0 Å². The summed E-state index contributed by atoms with van der Waals surface area (Å²) in [5.41, 5.74) is 0. The normalized spacial score (nSPS) is 13.2. The number of nitrogens with one attached hydrogen (secondary N) is 1. The van der Waals surface area contributed by atoms with Crippen molar-refractivity contribution in [2.75, 3.05) is 26.4 Å². The third-order valence-corrected chi connectivity index (χ3v) is 11.0. The molecule has 0 aliphatic rings. The fourth-order valence-corrected chi connectivity index (χ4v) is 7.37. The van der Waals surface area contributed by atoms with E-state index in [1.807, 2.05) is 0 Å². The smallest absolute Gasteiger partial charge is 0.463 e. The number of aliphatic hydroxyl groups is 1. The zero-order valence-corrected chi connectivity index (χ0v) is 35.6. The standard InChI is InChI=1S/C43H86NO8P/c1-3-5-7-9-11-13-15-17-19-20-22-24-26-28-30-32-34-36-43(47)50-39-41(45)40-52-53(48,49)51-38-37-44-42(46)35-33-31-29-27-25-23-21-18-16-14-12-10-8-6-4-2/h41,45H,3-40H2,1-2H3,(H,44,46)(H,48,49). The first-order chi connectivity index (χ1) is 25.8. The predicted octanol–water partition coefficient (Wildman–Crippen LogP) is 12.4. The number of hydrogen-bond acceptors (Lipinski definition) is 7. The molecule has 9 nitrogen and oxygen atoms in total. The lowest BCUT2D eigenvalue weighted by Gasteiger charge is -2.15. The first-order valence-corrected chi connectivity index (χ1v) is 24.0. The van der Waals surface area contributed by atoms with Gasteiger partial charge in [0.15, 0.2) is 0 Å². The van der Waals surface area contributed by atoms with Crippen molar-refractivity contribution in [3.05, 3.63) is 0 Å². The molecule has 10 heteroatoms. The molecule has 0 heterocycles. The topological polar surface area (TPSA) is 131 Å². The van der Waals surface area contributed by atoms with Crippen LogP contribution in [0.1, 0.15) is 232 Å². The minimum absolute atomic E-state index is 0.0883. The molecule has 0 aromatic rings. The number of aliphatic hydroxyl groups excluding tert-OH is 1. The average molecular weight is 776 g/mol. The molecule has 0 bridgehead atoms. The number of hydrogen-bond donors (Lipinski definition) is 3. The number of esters is 1. The summed E-state index contributed by atoms with van der Waals surface area (Å²) in [4.78, 5) is 33.9. The van der Waals surface area contributed by atoms with Gasteiger partial charge in [0.2, 0.25) is 5.91 Å². The van der Waals surface area contributed by atoms with Gasteiger partial charge in [0.25, 0.3) is 0 Å². The number of carbonyl (C=O) groups is 2. The maximum Gasteiger partial charge on any atom is 0.472 e. The van der Waals surface area contributed by atoms with Crippen LogP contribution < -0.4 is 5.32 Å².